The fraction of sp³-hybridized carbons (Fsp3) is 0.231. The highest BCUT2D eigenvalue weighted by Gasteiger charge is 2.09. The molecule has 0 saturated carbocycles. The standard InChI is InChI=1S/C13H15N3O2/c1-2-15-7-8-16(13(15)18)9-10-5-3-4-6-11(10)12(14)17/h3-8H,2,9H2,1H3,(H2,14,17). The van der Waals surface area contributed by atoms with Gasteiger partial charge in [-0.05, 0) is 18.6 Å². The van der Waals surface area contributed by atoms with Gasteiger partial charge >= 0.3 is 5.69 Å². The van der Waals surface area contributed by atoms with Crippen molar-refractivity contribution in [2.75, 3.05) is 0 Å². The van der Waals surface area contributed by atoms with Gasteiger partial charge in [0.2, 0.25) is 5.91 Å². The molecule has 1 aromatic carbocycles. The van der Waals surface area contributed by atoms with E-state index in [4.69, 9.17) is 5.73 Å². The lowest BCUT2D eigenvalue weighted by atomic mass is 10.1. The Hall–Kier alpha value is -2.30. The minimum absolute atomic E-state index is 0.0863. The largest absolute Gasteiger partial charge is 0.366 e. The van der Waals surface area contributed by atoms with E-state index in [0.717, 1.165) is 5.56 Å². The van der Waals surface area contributed by atoms with Gasteiger partial charge in [0.15, 0.2) is 0 Å². The Kier molecular flexibility index (Phi) is 3.32. The van der Waals surface area contributed by atoms with Gasteiger partial charge in [0, 0.05) is 24.5 Å². The topological polar surface area (TPSA) is 70.0 Å². The van der Waals surface area contributed by atoms with Crippen molar-refractivity contribution in [3.8, 4) is 0 Å². The molecule has 5 nitrogen and oxygen atoms in total. The smallest absolute Gasteiger partial charge is 0.328 e. The van der Waals surface area contributed by atoms with Crippen LogP contribution in [0.15, 0.2) is 41.5 Å². The van der Waals surface area contributed by atoms with E-state index in [9.17, 15) is 9.59 Å². The highest BCUT2D eigenvalue weighted by Crippen LogP contribution is 2.09. The maximum absolute atomic E-state index is 11.9. The number of benzene rings is 1. The molecule has 0 aliphatic rings. The molecule has 2 N–H and O–H groups in total. The average Bonchev–Trinajstić information content (AvgIpc) is 2.71. The van der Waals surface area contributed by atoms with E-state index in [1.165, 1.54) is 0 Å². The van der Waals surface area contributed by atoms with Crippen LogP contribution in [0.2, 0.25) is 0 Å². The van der Waals surface area contributed by atoms with E-state index in [1.807, 2.05) is 13.0 Å². The number of amides is 1. The van der Waals surface area contributed by atoms with Crippen molar-refractivity contribution >= 4 is 5.91 Å². The highest BCUT2D eigenvalue weighted by molar-refractivity contribution is 5.94. The van der Waals surface area contributed by atoms with Crippen LogP contribution in [0.5, 0.6) is 0 Å². The van der Waals surface area contributed by atoms with E-state index >= 15 is 0 Å². The van der Waals surface area contributed by atoms with Gasteiger partial charge in [-0.1, -0.05) is 18.2 Å². The summed E-state index contributed by atoms with van der Waals surface area (Å²) in [4.78, 5) is 23.2. The lowest BCUT2D eigenvalue weighted by Gasteiger charge is -2.06. The van der Waals surface area contributed by atoms with Crippen molar-refractivity contribution in [1.29, 1.82) is 0 Å². The van der Waals surface area contributed by atoms with Gasteiger partial charge in [-0.25, -0.2) is 4.79 Å². The van der Waals surface area contributed by atoms with Crippen molar-refractivity contribution < 1.29 is 4.79 Å². The van der Waals surface area contributed by atoms with Gasteiger partial charge in [0.25, 0.3) is 0 Å². The van der Waals surface area contributed by atoms with E-state index in [-0.39, 0.29) is 5.69 Å². The first-order chi connectivity index (χ1) is 8.63. The third-order valence-corrected chi connectivity index (χ3v) is 2.88. The third-order valence-electron chi connectivity index (χ3n) is 2.88. The first kappa shape index (κ1) is 12.2. The number of rotatable bonds is 4. The molecule has 0 saturated heterocycles. The number of carbonyl (C=O) groups is 1. The molecule has 18 heavy (non-hydrogen) atoms. The monoisotopic (exact) mass is 245 g/mol. The molecule has 0 unspecified atom stereocenters. The van der Waals surface area contributed by atoms with Crippen LogP contribution in [0.25, 0.3) is 0 Å². The fourth-order valence-corrected chi connectivity index (χ4v) is 1.90. The zero-order chi connectivity index (χ0) is 13.1. The Balaban J connectivity index is 2.37. The van der Waals surface area contributed by atoms with E-state index in [0.29, 0.717) is 18.7 Å². The number of hydrogen-bond donors (Lipinski definition) is 1. The molecule has 0 aliphatic carbocycles. The molecule has 1 heterocycles. The molecule has 0 atom stereocenters. The summed E-state index contributed by atoms with van der Waals surface area (Å²) < 4.78 is 3.16. The van der Waals surface area contributed by atoms with Gasteiger partial charge in [0.05, 0.1) is 6.54 Å². The van der Waals surface area contributed by atoms with Crippen LogP contribution in [0.3, 0.4) is 0 Å². The minimum Gasteiger partial charge on any atom is -0.366 e. The summed E-state index contributed by atoms with van der Waals surface area (Å²) >= 11 is 0. The predicted octanol–water partition coefficient (Wildman–Crippen LogP) is 0.817. The quantitative estimate of drug-likeness (QED) is 0.866. The molecule has 0 bridgehead atoms. The average molecular weight is 245 g/mol. The summed E-state index contributed by atoms with van der Waals surface area (Å²) in [5, 5.41) is 0. The number of carbonyl (C=O) groups excluding carboxylic acids is 1. The second-order valence-electron chi connectivity index (χ2n) is 4.02. The van der Waals surface area contributed by atoms with Gasteiger partial charge in [0.1, 0.15) is 0 Å². The number of primary amides is 1. The molecule has 5 heteroatoms. The van der Waals surface area contributed by atoms with Crippen molar-refractivity contribution in [3.63, 3.8) is 0 Å². The molecule has 0 spiro atoms. The highest BCUT2D eigenvalue weighted by atomic mass is 16.2. The zero-order valence-corrected chi connectivity index (χ0v) is 10.2. The zero-order valence-electron chi connectivity index (χ0n) is 10.2. The second kappa shape index (κ2) is 4.91. The molecule has 2 aromatic rings. The molecule has 0 fully saturated rings. The summed E-state index contributed by atoms with van der Waals surface area (Å²) in [6.45, 7) is 2.89. The summed E-state index contributed by atoms with van der Waals surface area (Å²) in [5.74, 6) is -0.478. The maximum atomic E-state index is 11.9. The van der Waals surface area contributed by atoms with Gasteiger partial charge < -0.3 is 5.73 Å². The van der Waals surface area contributed by atoms with Crippen molar-refractivity contribution in [2.24, 2.45) is 5.73 Å². The van der Waals surface area contributed by atoms with Crippen LogP contribution in [0.1, 0.15) is 22.8 Å². The van der Waals surface area contributed by atoms with Crippen LogP contribution < -0.4 is 11.4 Å². The van der Waals surface area contributed by atoms with Crippen molar-refractivity contribution in [1.82, 2.24) is 9.13 Å². The molecule has 94 valence electrons. The molecular weight excluding hydrogens is 230 g/mol. The first-order valence-electron chi connectivity index (χ1n) is 5.76. The Bertz CT molecular complexity index is 625. The number of hydrogen-bond acceptors (Lipinski definition) is 2. The van der Waals surface area contributed by atoms with Crippen molar-refractivity contribution in [2.45, 2.75) is 20.0 Å². The minimum atomic E-state index is -0.478. The van der Waals surface area contributed by atoms with Crippen LogP contribution in [-0.4, -0.2) is 15.0 Å². The lowest BCUT2D eigenvalue weighted by molar-refractivity contribution is 0.0999. The predicted molar refractivity (Wildman–Crippen MR) is 68.4 cm³/mol. The molecular formula is C13H15N3O2. The first-order valence-corrected chi connectivity index (χ1v) is 5.76. The normalized spacial score (nSPS) is 10.5. The number of nitrogens with two attached hydrogens (primary N) is 1. The van der Waals surface area contributed by atoms with E-state index < -0.39 is 5.91 Å². The Morgan fingerprint density at radius 3 is 2.50 bits per heavy atom. The van der Waals surface area contributed by atoms with Gasteiger partial charge in [-0.3, -0.25) is 13.9 Å². The van der Waals surface area contributed by atoms with Gasteiger partial charge in [-0.15, -0.1) is 0 Å². The number of imidazole rings is 1. The Labute approximate surface area is 104 Å². The summed E-state index contributed by atoms with van der Waals surface area (Å²) in [5.41, 5.74) is 6.42. The molecule has 1 aromatic heterocycles. The molecule has 0 aliphatic heterocycles. The summed E-state index contributed by atoms with van der Waals surface area (Å²) in [7, 11) is 0. The Morgan fingerprint density at radius 2 is 1.89 bits per heavy atom. The Morgan fingerprint density at radius 1 is 1.22 bits per heavy atom. The number of aryl methyl sites for hydroxylation is 1. The van der Waals surface area contributed by atoms with Crippen molar-refractivity contribution in [3.05, 3.63) is 58.3 Å². The lowest BCUT2D eigenvalue weighted by Crippen LogP contribution is -2.25. The maximum Gasteiger partial charge on any atom is 0.328 e. The summed E-state index contributed by atoms with van der Waals surface area (Å²) in [6.07, 6.45) is 3.44. The molecule has 0 radical (unpaired) electrons. The fourth-order valence-electron chi connectivity index (χ4n) is 1.90. The number of aromatic nitrogens is 2. The van der Waals surface area contributed by atoms with Crippen LogP contribution in [-0.2, 0) is 13.1 Å². The van der Waals surface area contributed by atoms with E-state index in [2.05, 4.69) is 0 Å². The SMILES string of the molecule is CCn1ccn(Cc2ccccc2C(N)=O)c1=O. The molecule has 2 rings (SSSR count). The van der Waals surface area contributed by atoms with E-state index in [1.54, 1.807) is 39.7 Å². The van der Waals surface area contributed by atoms with Crippen LogP contribution in [0.4, 0.5) is 0 Å². The second-order valence-corrected chi connectivity index (χ2v) is 4.02. The third kappa shape index (κ3) is 2.20. The summed E-state index contributed by atoms with van der Waals surface area (Å²) in [6, 6.07) is 7.04. The van der Waals surface area contributed by atoms with Crippen LogP contribution >= 0.6 is 0 Å². The molecule has 1 amide bonds. The number of nitrogens with zero attached hydrogens (tertiary/aromatic N) is 2. The van der Waals surface area contributed by atoms with Gasteiger partial charge in [-0.2, -0.15) is 0 Å². The van der Waals surface area contributed by atoms with Crippen LogP contribution in [0, 0.1) is 0 Å².